The topological polar surface area (TPSA) is 41.3 Å². The van der Waals surface area contributed by atoms with Crippen LogP contribution in [0.4, 0.5) is 6.01 Å². The molecule has 4 heteroatoms. The van der Waals surface area contributed by atoms with Gasteiger partial charge in [-0.05, 0) is 25.8 Å². The first-order valence-electron chi connectivity index (χ1n) is 6.60. The average Bonchev–Trinajstić information content (AvgIpc) is 2.79. The standard InChI is InChI=1S/C13H25N3O/c1-5-8-14-9-11-10-17-13(15-11)16(4)12(6-2)7-3/h10,12,14H,5-9H2,1-4H3. The number of nitrogens with one attached hydrogen (secondary N) is 1. The highest BCUT2D eigenvalue weighted by Crippen LogP contribution is 2.17. The molecule has 1 aromatic heterocycles. The van der Waals surface area contributed by atoms with E-state index in [4.69, 9.17) is 4.42 Å². The van der Waals surface area contributed by atoms with E-state index in [1.54, 1.807) is 6.26 Å². The highest BCUT2D eigenvalue weighted by Gasteiger charge is 2.15. The highest BCUT2D eigenvalue weighted by molar-refractivity contribution is 5.27. The SMILES string of the molecule is CCCNCc1coc(N(C)C(CC)CC)n1. The number of oxazole rings is 1. The lowest BCUT2D eigenvalue weighted by molar-refractivity contribution is 0.495. The van der Waals surface area contributed by atoms with Crippen molar-refractivity contribution < 1.29 is 4.42 Å². The maximum Gasteiger partial charge on any atom is 0.297 e. The monoisotopic (exact) mass is 239 g/mol. The summed E-state index contributed by atoms with van der Waals surface area (Å²) in [7, 11) is 2.05. The van der Waals surface area contributed by atoms with Gasteiger partial charge >= 0.3 is 0 Å². The molecule has 0 radical (unpaired) electrons. The molecule has 0 amide bonds. The predicted molar refractivity (Wildman–Crippen MR) is 71.3 cm³/mol. The Morgan fingerprint density at radius 1 is 1.35 bits per heavy atom. The van der Waals surface area contributed by atoms with Gasteiger partial charge in [0.05, 0.1) is 5.69 Å². The van der Waals surface area contributed by atoms with Crippen LogP contribution in [-0.2, 0) is 6.54 Å². The number of hydrogen-bond donors (Lipinski definition) is 1. The van der Waals surface area contributed by atoms with Gasteiger partial charge in [-0.1, -0.05) is 20.8 Å². The smallest absolute Gasteiger partial charge is 0.297 e. The zero-order chi connectivity index (χ0) is 12.7. The third kappa shape index (κ3) is 4.04. The second-order valence-electron chi connectivity index (χ2n) is 4.38. The maximum atomic E-state index is 5.52. The van der Waals surface area contributed by atoms with Crippen LogP contribution in [0.1, 0.15) is 45.7 Å². The molecule has 1 heterocycles. The molecule has 0 atom stereocenters. The first kappa shape index (κ1) is 14.0. The van der Waals surface area contributed by atoms with Crippen molar-refractivity contribution in [3.63, 3.8) is 0 Å². The van der Waals surface area contributed by atoms with Crippen LogP contribution in [0.15, 0.2) is 10.7 Å². The van der Waals surface area contributed by atoms with Gasteiger partial charge in [0.25, 0.3) is 6.01 Å². The Kier molecular flexibility index (Phi) is 6.05. The molecule has 17 heavy (non-hydrogen) atoms. The minimum absolute atomic E-state index is 0.505. The van der Waals surface area contributed by atoms with E-state index in [-0.39, 0.29) is 0 Å². The zero-order valence-corrected chi connectivity index (χ0v) is 11.5. The van der Waals surface area contributed by atoms with Gasteiger partial charge in [0, 0.05) is 19.6 Å². The van der Waals surface area contributed by atoms with Crippen LogP contribution in [0.5, 0.6) is 0 Å². The highest BCUT2D eigenvalue weighted by atomic mass is 16.4. The van der Waals surface area contributed by atoms with Crippen LogP contribution in [0.2, 0.25) is 0 Å². The number of rotatable bonds is 8. The number of anilines is 1. The molecular formula is C13H25N3O. The Hall–Kier alpha value is -1.03. The van der Waals surface area contributed by atoms with Crippen molar-refractivity contribution in [3.8, 4) is 0 Å². The average molecular weight is 239 g/mol. The van der Waals surface area contributed by atoms with Gasteiger partial charge in [-0.2, -0.15) is 4.98 Å². The van der Waals surface area contributed by atoms with Gasteiger partial charge < -0.3 is 14.6 Å². The summed E-state index contributed by atoms with van der Waals surface area (Å²) in [6.45, 7) is 8.34. The molecule has 0 spiro atoms. The minimum Gasteiger partial charge on any atom is -0.432 e. The summed E-state index contributed by atoms with van der Waals surface area (Å²) in [5.41, 5.74) is 0.978. The van der Waals surface area contributed by atoms with E-state index in [2.05, 4.69) is 36.0 Å². The summed E-state index contributed by atoms with van der Waals surface area (Å²) < 4.78 is 5.52. The van der Waals surface area contributed by atoms with Crippen LogP contribution in [0.3, 0.4) is 0 Å². The summed E-state index contributed by atoms with van der Waals surface area (Å²) in [6.07, 6.45) is 5.10. The Bertz CT molecular complexity index is 307. The predicted octanol–water partition coefficient (Wildman–Crippen LogP) is 2.80. The van der Waals surface area contributed by atoms with Crippen LogP contribution in [-0.4, -0.2) is 24.6 Å². The second-order valence-corrected chi connectivity index (χ2v) is 4.38. The molecule has 0 bridgehead atoms. The van der Waals surface area contributed by atoms with Gasteiger partial charge in [-0.15, -0.1) is 0 Å². The molecule has 1 rings (SSSR count). The Labute approximate surface area is 104 Å². The third-order valence-corrected chi connectivity index (χ3v) is 3.06. The third-order valence-electron chi connectivity index (χ3n) is 3.06. The van der Waals surface area contributed by atoms with Gasteiger partial charge in [0.2, 0.25) is 0 Å². The Morgan fingerprint density at radius 3 is 2.65 bits per heavy atom. The van der Waals surface area contributed by atoms with E-state index < -0.39 is 0 Å². The molecule has 4 nitrogen and oxygen atoms in total. The molecule has 0 aliphatic heterocycles. The van der Waals surface area contributed by atoms with Crippen LogP contribution in [0, 0.1) is 0 Å². The molecule has 0 unspecified atom stereocenters. The maximum absolute atomic E-state index is 5.52. The Balaban J connectivity index is 2.54. The van der Waals surface area contributed by atoms with E-state index in [0.29, 0.717) is 6.04 Å². The van der Waals surface area contributed by atoms with E-state index in [0.717, 1.165) is 44.1 Å². The summed E-state index contributed by atoms with van der Waals surface area (Å²) >= 11 is 0. The molecule has 0 saturated heterocycles. The molecular weight excluding hydrogens is 214 g/mol. The van der Waals surface area contributed by atoms with Crippen molar-refractivity contribution in [2.45, 2.75) is 52.6 Å². The van der Waals surface area contributed by atoms with Crippen molar-refractivity contribution in [2.24, 2.45) is 0 Å². The fraction of sp³-hybridized carbons (Fsp3) is 0.769. The molecule has 0 aliphatic carbocycles. The van der Waals surface area contributed by atoms with Crippen molar-refractivity contribution in [1.29, 1.82) is 0 Å². The molecule has 1 N–H and O–H groups in total. The molecule has 1 aromatic rings. The fourth-order valence-corrected chi connectivity index (χ4v) is 1.93. The van der Waals surface area contributed by atoms with Gasteiger partial charge in [-0.3, -0.25) is 0 Å². The quantitative estimate of drug-likeness (QED) is 0.708. The lowest BCUT2D eigenvalue weighted by atomic mass is 10.1. The van der Waals surface area contributed by atoms with Gasteiger partial charge in [-0.25, -0.2) is 0 Å². The van der Waals surface area contributed by atoms with Crippen LogP contribution >= 0.6 is 0 Å². The molecule has 0 fully saturated rings. The fourth-order valence-electron chi connectivity index (χ4n) is 1.93. The first-order chi connectivity index (χ1) is 8.22. The molecule has 0 aromatic carbocycles. The van der Waals surface area contributed by atoms with Crippen molar-refractivity contribution in [2.75, 3.05) is 18.5 Å². The van der Waals surface area contributed by atoms with E-state index in [1.807, 2.05) is 7.05 Å². The van der Waals surface area contributed by atoms with Gasteiger partial charge in [0.15, 0.2) is 0 Å². The van der Waals surface area contributed by atoms with Crippen molar-refractivity contribution >= 4 is 6.01 Å². The summed E-state index contributed by atoms with van der Waals surface area (Å²) in [4.78, 5) is 6.62. The normalized spacial score (nSPS) is 11.1. The van der Waals surface area contributed by atoms with E-state index in [1.165, 1.54) is 0 Å². The summed E-state index contributed by atoms with van der Waals surface area (Å²) in [5.74, 6) is 0. The summed E-state index contributed by atoms with van der Waals surface area (Å²) in [6, 6.07) is 1.23. The molecule has 0 saturated carbocycles. The van der Waals surface area contributed by atoms with Crippen LogP contribution in [0.25, 0.3) is 0 Å². The van der Waals surface area contributed by atoms with E-state index in [9.17, 15) is 0 Å². The zero-order valence-electron chi connectivity index (χ0n) is 11.5. The summed E-state index contributed by atoms with van der Waals surface area (Å²) in [5, 5.41) is 3.32. The van der Waals surface area contributed by atoms with Crippen molar-refractivity contribution in [1.82, 2.24) is 10.3 Å². The minimum atomic E-state index is 0.505. The Morgan fingerprint density at radius 2 is 2.06 bits per heavy atom. The largest absolute Gasteiger partial charge is 0.432 e. The van der Waals surface area contributed by atoms with Crippen molar-refractivity contribution in [3.05, 3.63) is 12.0 Å². The molecule has 0 aliphatic rings. The van der Waals surface area contributed by atoms with Crippen LogP contribution < -0.4 is 10.2 Å². The lowest BCUT2D eigenvalue weighted by Gasteiger charge is -2.24. The number of aromatic nitrogens is 1. The first-order valence-corrected chi connectivity index (χ1v) is 6.60. The van der Waals surface area contributed by atoms with Gasteiger partial charge in [0.1, 0.15) is 6.26 Å². The number of hydrogen-bond acceptors (Lipinski definition) is 4. The number of nitrogens with zero attached hydrogens (tertiary/aromatic N) is 2. The molecule has 98 valence electrons. The second kappa shape index (κ2) is 7.33. The van der Waals surface area contributed by atoms with E-state index >= 15 is 0 Å². The lowest BCUT2D eigenvalue weighted by Crippen LogP contribution is -2.30.